The highest BCUT2D eigenvalue weighted by atomic mass is 16.5. The highest BCUT2D eigenvalue weighted by molar-refractivity contribution is 5.66. The first kappa shape index (κ1) is 18.1. The second kappa shape index (κ2) is 7.79. The monoisotopic (exact) mass is 391 g/mol. The van der Waals surface area contributed by atoms with Gasteiger partial charge >= 0.3 is 0 Å². The Morgan fingerprint density at radius 3 is 2.83 bits per heavy atom. The molecular formula is C23H25N3O3. The Labute approximate surface area is 170 Å². The number of nitrogens with zero attached hydrogens (tertiary/aromatic N) is 2. The van der Waals surface area contributed by atoms with Gasteiger partial charge in [-0.25, -0.2) is 0 Å². The maximum absolute atomic E-state index is 6.03. The first-order valence-corrected chi connectivity index (χ1v) is 10.1. The lowest BCUT2D eigenvalue weighted by Gasteiger charge is -2.12. The van der Waals surface area contributed by atoms with Gasteiger partial charge in [-0.1, -0.05) is 18.2 Å². The minimum absolute atomic E-state index is 0.172. The van der Waals surface area contributed by atoms with Gasteiger partial charge in [0.15, 0.2) is 11.5 Å². The van der Waals surface area contributed by atoms with Gasteiger partial charge in [0.25, 0.3) is 0 Å². The average Bonchev–Trinajstić information content (AvgIpc) is 3.22. The smallest absolute Gasteiger partial charge is 0.161 e. The molecule has 150 valence electrons. The summed E-state index contributed by atoms with van der Waals surface area (Å²) in [5, 5.41) is 8.23. The number of para-hydroxylation sites is 1. The Bertz CT molecular complexity index is 989. The summed E-state index contributed by atoms with van der Waals surface area (Å²) < 4.78 is 19.5. The van der Waals surface area contributed by atoms with Crippen LogP contribution in [0.4, 0.5) is 0 Å². The molecule has 0 saturated heterocycles. The third kappa shape index (κ3) is 3.80. The highest BCUT2D eigenvalue weighted by Gasteiger charge is 2.22. The molecule has 0 saturated carbocycles. The molecule has 2 aromatic carbocycles. The Kier molecular flexibility index (Phi) is 4.86. The molecular weight excluding hydrogens is 366 g/mol. The Morgan fingerprint density at radius 1 is 1.07 bits per heavy atom. The van der Waals surface area contributed by atoms with Crippen molar-refractivity contribution in [3.05, 3.63) is 59.8 Å². The molecule has 0 bridgehead atoms. The summed E-state index contributed by atoms with van der Waals surface area (Å²) in [5.41, 5.74) is 4.44. The van der Waals surface area contributed by atoms with Crippen LogP contribution in [0, 0.1) is 0 Å². The molecule has 0 amide bonds. The van der Waals surface area contributed by atoms with Gasteiger partial charge in [0.2, 0.25) is 0 Å². The molecule has 1 atom stereocenters. The van der Waals surface area contributed by atoms with Gasteiger partial charge in [-0.05, 0) is 29.8 Å². The van der Waals surface area contributed by atoms with Gasteiger partial charge < -0.3 is 19.5 Å². The number of aromatic nitrogens is 2. The van der Waals surface area contributed by atoms with Gasteiger partial charge in [-0.15, -0.1) is 0 Å². The van der Waals surface area contributed by atoms with Crippen LogP contribution in [-0.4, -0.2) is 35.6 Å². The molecule has 3 heterocycles. The zero-order valence-corrected chi connectivity index (χ0v) is 16.6. The number of aryl methyl sites for hydroxylation is 1. The van der Waals surface area contributed by atoms with Crippen molar-refractivity contribution < 1.29 is 14.2 Å². The summed E-state index contributed by atoms with van der Waals surface area (Å²) in [7, 11) is 1.95. The van der Waals surface area contributed by atoms with Crippen LogP contribution >= 0.6 is 0 Å². The molecule has 1 unspecified atom stereocenters. The zero-order chi connectivity index (χ0) is 19.6. The van der Waals surface area contributed by atoms with E-state index >= 15 is 0 Å². The molecule has 29 heavy (non-hydrogen) atoms. The molecule has 0 fully saturated rings. The number of nitrogens with one attached hydrogen (secondary N) is 1. The number of ether oxygens (including phenoxy) is 3. The maximum atomic E-state index is 6.03. The molecule has 5 rings (SSSR count). The minimum Gasteiger partial charge on any atom is -0.490 e. The van der Waals surface area contributed by atoms with E-state index in [0.29, 0.717) is 13.2 Å². The van der Waals surface area contributed by atoms with Crippen LogP contribution in [0.2, 0.25) is 0 Å². The lowest BCUT2D eigenvalue weighted by atomic mass is 10.1. The summed E-state index contributed by atoms with van der Waals surface area (Å²) in [5.74, 6) is 2.61. The first-order chi connectivity index (χ1) is 14.3. The van der Waals surface area contributed by atoms with E-state index in [1.807, 2.05) is 36.0 Å². The Hall–Kier alpha value is -2.99. The topological polar surface area (TPSA) is 57.5 Å². The average molecular weight is 391 g/mol. The number of hydrogen-bond donors (Lipinski definition) is 1. The SMILES string of the molecule is Cn1cc(CNCC2Cc3ccccc3O2)c(-c2ccc3c(c2)OCCCO3)n1. The zero-order valence-electron chi connectivity index (χ0n) is 16.6. The first-order valence-electron chi connectivity index (χ1n) is 10.1. The van der Waals surface area contributed by atoms with E-state index in [1.54, 1.807) is 0 Å². The van der Waals surface area contributed by atoms with E-state index in [2.05, 4.69) is 34.8 Å². The fourth-order valence-electron chi connectivity index (χ4n) is 3.96. The molecule has 0 aliphatic carbocycles. The predicted molar refractivity (Wildman–Crippen MR) is 111 cm³/mol. The fourth-order valence-corrected chi connectivity index (χ4v) is 3.96. The summed E-state index contributed by atoms with van der Waals surface area (Å²) >= 11 is 0. The predicted octanol–water partition coefficient (Wildman–Crippen LogP) is 3.34. The summed E-state index contributed by atoms with van der Waals surface area (Å²) in [4.78, 5) is 0. The molecule has 0 spiro atoms. The van der Waals surface area contributed by atoms with Crippen LogP contribution in [0.25, 0.3) is 11.3 Å². The van der Waals surface area contributed by atoms with E-state index in [0.717, 1.165) is 60.0 Å². The van der Waals surface area contributed by atoms with E-state index < -0.39 is 0 Å². The molecule has 6 heteroatoms. The fraction of sp³-hybridized carbons (Fsp3) is 0.348. The molecule has 2 aliphatic heterocycles. The maximum Gasteiger partial charge on any atom is 0.161 e. The van der Waals surface area contributed by atoms with Crippen molar-refractivity contribution in [2.75, 3.05) is 19.8 Å². The van der Waals surface area contributed by atoms with E-state index in [9.17, 15) is 0 Å². The van der Waals surface area contributed by atoms with E-state index in [-0.39, 0.29) is 6.10 Å². The molecule has 3 aromatic rings. The van der Waals surface area contributed by atoms with Gasteiger partial charge in [0, 0.05) is 50.3 Å². The van der Waals surface area contributed by atoms with Crippen LogP contribution in [0.15, 0.2) is 48.7 Å². The highest BCUT2D eigenvalue weighted by Crippen LogP contribution is 2.35. The van der Waals surface area contributed by atoms with Gasteiger partial charge in [0.05, 0.1) is 18.9 Å². The van der Waals surface area contributed by atoms with Crippen molar-refractivity contribution in [3.8, 4) is 28.5 Å². The molecule has 1 N–H and O–H groups in total. The van der Waals surface area contributed by atoms with Crippen LogP contribution in [0.5, 0.6) is 17.2 Å². The second-order valence-electron chi connectivity index (χ2n) is 7.57. The quantitative estimate of drug-likeness (QED) is 0.723. The van der Waals surface area contributed by atoms with Crippen molar-refractivity contribution in [1.82, 2.24) is 15.1 Å². The van der Waals surface area contributed by atoms with Gasteiger partial charge in [-0.2, -0.15) is 5.10 Å². The van der Waals surface area contributed by atoms with Gasteiger partial charge in [-0.3, -0.25) is 4.68 Å². The Morgan fingerprint density at radius 2 is 1.93 bits per heavy atom. The van der Waals surface area contributed by atoms with Crippen molar-refractivity contribution in [2.45, 2.75) is 25.5 Å². The van der Waals surface area contributed by atoms with Crippen molar-refractivity contribution >= 4 is 0 Å². The molecule has 6 nitrogen and oxygen atoms in total. The van der Waals surface area contributed by atoms with Gasteiger partial charge in [0.1, 0.15) is 11.9 Å². The standard InChI is InChI=1S/C23H25N3O3/c1-26-15-18(13-24-14-19-11-16-5-2-3-6-20(16)29-19)23(25-26)17-7-8-21-22(12-17)28-10-4-9-27-21/h2-3,5-8,12,15,19,24H,4,9-11,13-14H2,1H3. The Balaban J connectivity index is 1.27. The van der Waals surface area contributed by atoms with Crippen molar-refractivity contribution in [2.24, 2.45) is 7.05 Å². The minimum atomic E-state index is 0.172. The van der Waals surface area contributed by atoms with E-state index in [1.165, 1.54) is 5.56 Å². The number of hydrogen-bond acceptors (Lipinski definition) is 5. The second-order valence-corrected chi connectivity index (χ2v) is 7.57. The third-order valence-electron chi connectivity index (χ3n) is 5.33. The normalized spacial score (nSPS) is 17.5. The number of fused-ring (bicyclic) bond motifs is 2. The molecule has 2 aliphatic rings. The molecule has 1 aromatic heterocycles. The summed E-state index contributed by atoms with van der Waals surface area (Å²) in [6, 6.07) is 14.3. The van der Waals surface area contributed by atoms with Crippen LogP contribution in [0.3, 0.4) is 0 Å². The van der Waals surface area contributed by atoms with Crippen LogP contribution < -0.4 is 19.5 Å². The lowest BCUT2D eigenvalue weighted by molar-refractivity contribution is 0.227. The third-order valence-corrected chi connectivity index (χ3v) is 5.33. The number of benzene rings is 2. The summed E-state index contributed by atoms with van der Waals surface area (Å²) in [6.45, 7) is 2.90. The van der Waals surface area contributed by atoms with Crippen LogP contribution in [0.1, 0.15) is 17.5 Å². The van der Waals surface area contributed by atoms with Crippen molar-refractivity contribution in [3.63, 3.8) is 0 Å². The lowest BCUT2D eigenvalue weighted by Crippen LogP contribution is -2.29. The molecule has 0 radical (unpaired) electrons. The van der Waals surface area contributed by atoms with E-state index in [4.69, 9.17) is 14.2 Å². The number of rotatable bonds is 5. The van der Waals surface area contributed by atoms with Crippen LogP contribution in [-0.2, 0) is 20.0 Å². The van der Waals surface area contributed by atoms with Crippen molar-refractivity contribution in [1.29, 1.82) is 0 Å². The summed E-state index contributed by atoms with van der Waals surface area (Å²) in [6.07, 6.45) is 4.09. The largest absolute Gasteiger partial charge is 0.490 e.